The van der Waals surface area contributed by atoms with Crippen LogP contribution in [-0.4, -0.2) is 42.0 Å². The van der Waals surface area contributed by atoms with Gasteiger partial charge in [0.25, 0.3) is 0 Å². The topological polar surface area (TPSA) is 67.9 Å². The predicted octanol–water partition coefficient (Wildman–Crippen LogP) is 5.30. The molecule has 1 fully saturated rings. The largest absolute Gasteiger partial charge is 0.486 e. The van der Waals surface area contributed by atoms with Crippen molar-refractivity contribution in [3.8, 4) is 11.5 Å². The molecule has 1 aliphatic carbocycles. The minimum absolute atomic E-state index is 0.0412. The summed E-state index contributed by atoms with van der Waals surface area (Å²) in [5.74, 6) is 1.36. The van der Waals surface area contributed by atoms with Gasteiger partial charge in [0, 0.05) is 24.0 Å². The molecule has 1 unspecified atom stereocenters. The average molecular weight is 499 g/mol. The zero-order valence-corrected chi connectivity index (χ0v) is 21.2. The predicted molar refractivity (Wildman–Crippen MR) is 137 cm³/mol. The molecule has 1 N–H and O–H groups in total. The molecule has 0 bridgehead atoms. The molecule has 35 heavy (non-hydrogen) atoms. The molecule has 0 spiro atoms. The van der Waals surface area contributed by atoms with Crippen LogP contribution in [0.5, 0.6) is 11.5 Å². The molecule has 1 saturated carbocycles. The molecule has 188 valence electrons. The van der Waals surface area contributed by atoms with Crippen LogP contribution >= 0.6 is 11.6 Å². The number of ether oxygens (including phenoxy) is 2. The monoisotopic (exact) mass is 498 g/mol. The van der Waals surface area contributed by atoms with E-state index in [0.29, 0.717) is 44.0 Å². The Kier molecular flexibility index (Phi) is 8.91. The Morgan fingerprint density at radius 2 is 1.69 bits per heavy atom. The van der Waals surface area contributed by atoms with Gasteiger partial charge >= 0.3 is 0 Å². The first kappa shape index (κ1) is 25.4. The number of carbonyl (C=O) groups is 2. The number of halogens is 1. The normalized spacial score (nSPS) is 16.4. The van der Waals surface area contributed by atoms with E-state index < -0.39 is 6.04 Å². The second kappa shape index (κ2) is 12.3. The van der Waals surface area contributed by atoms with E-state index in [2.05, 4.69) is 5.32 Å². The Balaban J connectivity index is 1.47. The molecular formula is C28H35ClN2O4. The second-order valence-corrected chi connectivity index (χ2v) is 9.83. The van der Waals surface area contributed by atoms with Crippen LogP contribution in [0.4, 0.5) is 0 Å². The van der Waals surface area contributed by atoms with Crippen molar-refractivity contribution in [1.82, 2.24) is 10.2 Å². The molecule has 6 nitrogen and oxygen atoms in total. The number of aryl methyl sites for hydroxylation is 1. The number of hydrogen-bond donors (Lipinski definition) is 1. The van der Waals surface area contributed by atoms with Gasteiger partial charge in [-0.1, -0.05) is 56.0 Å². The third-order valence-corrected chi connectivity index (χ3v) is 7.09. The van der Waals surface area contributed by atoms with Crippen LogP contribution in [0.1, 0.15) is 63.0 Å². The zero-order valence-electron chi connectivity index (χ0n) is 20.4. The Hall–Kier alpha value is -2.73. The van der Waals surface area contributed by atoms with E-state index in [9.17, 15) is 9.59 Å². The molecule has 7 heteroatoms. The van der Waals surface area contributed by atoms with Crippen molar-refractivity contribution < 1.29 is 19.1 Å². The van der Waals surface area contributed by atoms with E-state index in [1.807, 2.05) is 49.4 Å². The SMILES string of the molecule is CCC(C(=O)NC1CCCCC1)N(Cc1ccc(Cl)cc1)C(=O)CCc1ccc2c(c1)OCCO2. The number of amides is 2. The van der Waals surface area contributed by atoms with Crippen molar-refractivity contribution in [2.75, 3.05) is 13.2 Å². The molecule has 1 aliphatic heterocycles. The highest BCUT2D eigenvalue weighted by Crippen LogP contribution is 2.31. The summed E-state index contributed by atoms with van der Waals surface area (Å²) < 4.78 is 11.3. The van der Waals surface area contributed by atoms with Crippen LogP contribution in [-0.2, 0) is 22.6 Å². The van der Waals surface area contributed by atoms with Gasteiger partial charge in [0.1, 0.15) is 19.3 Å². The number of carbonyl (C=O) groups excluding carboxylic acids is 2. The van der Waals surface area contributed by atoms with E-state index >= 15 is 0 Å². The van der Waals surface area contributed by atoms with Crippen molar-refractivity contribution in [1.29, 1.82) is 0 Å². The van der Waals surface area contributed by atoms with Gasteiger partial charge in [-0.15, -0.1) is 0 Å². The van der Waals surface area contributed by atoms with Crippen molar-refractivity contribution in [2.45, 2.75) is 76.9 Å². The summed E-state index contributed by atoms with van der Waals surface area (Å²) in [6.45, 7) is 3.41. The maximum absolute atomic E-state index is 13.5. The lowest BCUT2D eigenvalue weighted by molar-refractivity contribution is -0.141. The summed E-state index contributed by atoms with van der Waals surface area (Å²) in [7, 11) is 0. The first-order valence-corrected chi connectivity index (χ1v) is 13.1. The second-order valence-electron chi connectivity index (χ2n) is 9.39. The lowest BCUT2D eigenvalue weighted by Crippen LogP contribution is -2.51. The first-order chi connectivity index (χ1) is 17.0. The van der Waals surface area contributed by atoms with Gasteiger partial charge in [0.2, 0.25) is 11.8 Å². The highest BCUT2D eigenvalue weighted by molar-refractivity contribution is 6.30. The fourth-order valence-electron chi connectivity index (χ4n) is 4.89. The molecule has 2 aromatic carbocycles. The van der Waals surface area contributed by atoms with E-state index in [1.165, 1.54) is 6.42 Å². The third kappa shape index (κ3) is 6.91. The van der Waals surface area contributed by atoms with Crippen molar-refractivity contribution in [3.05, 3.63) is 58.6 Å². The van der Waals surface area contributed by atoms with Gasteiger partial charge in [0.05, 0.1) is 0 Å². The van der Waals surface area contributed by atoms with Crippen LogP contribution in [0, 0.1) is 0 Å². The standard InChI is InChI=1S/C28H35ClN2O4/c1-2-24(28(33)30-23-6-4-3-5-7-23)31(19-21-8-12-22(29)13-9-21)27(32)15-11-20-10-14-25-26(18-20)35-17-16-34-25/h8-10,12-14,18,23-24H,2-7,11,15-17,19H2,1H3,(H,30,33). The number of benzene rings is 2. The van der Waals surface area contributed by atoms with Crippen LogP contribution in [0.25, 0.3) is 0 Å². The number of rotatable bonds is 9. The van der Waals surface area contributed by atoms with Gasteiger partial charge in [-0.3, -0.25) is 9.59 Å². The third-order valence-electron chi connectivity index (χ3n) is 6.84. The number of fused-ring (bicyclic) bond motifs is 1. The summed E-state index contributed by atoms with van der Waals surface area (Å²) >= 11 is 6.06. The van der Waals surface area contributed by atoms with Gasteiger partial charge in [0.15, 0.2) is 11.5 Å². The maximum Gasteiger partial charge on any atom is 0.243 e. The molecule has 1 atom stereocenters. The van der Waals surface area contributed by atoms with Crippen molar-refractivity contribution >= 4 is 23.4 Å². The summed E-state index contributed by atoms with van der Waals surface area (Å²) in [6, 6.07) is 13.0. The quantitative estimate of drug-likeness (QED) is 0.509. The smallest absolute Gasteiger partial charge is 0.243 e. The van der Waals surface area contributed by atoms with Crippen LogP contribution in [0.15, 0.2) is 42.5 Å². The lowest BCUT2D eigenvalue weighted by atomic mass is 9.95. The number of nitrogens with zero attached hydrogens (tertiary/aromatic N) is 1. The molecule has 0 radical (unpaired) electrons. The Labute approximate surface area is 212 Å². The molecular weight excluding hydrogens is 464 g/mol. The highest BCUT2D eigenvalue weighted by atomic mass is 35.5. The van der Waals surface area contributed by atoms with Crippen molar-refractivity contribution in [3.63, 3.8) is 0 Å². The molecule has 2 aliphatic rings. The van der Waals surface area contributed by atoms with E-state index in [1.54, 1.807) is 4.90 Å². The summed E-state index contributed by atoms with van der Waals surface area (Å²) in [4.78, 5) is 28.6. The molecule has 2 aromatic rings. The van der Waals surface area contributed by atoms with Crippen LogP contribution in [0.3, 0.4) is 0 Å². The van der Waals surface area contributed by atoms with Gasteiger partial charge < -0.3 is 19.7 Å². The lowest BCUT2D eigenvalue weighted by Gasteiger charge is -2.33. The van der Waals surface area contributed by atoms with E-state index in [0.717, 1.165) is 48.3 Å². The summed E-state index contributed by atoms with van der Waals surface area (Å²) in [6.07, 6.45) is 6.96. The molecule has 2 amide bonds. The van der Waals surface area contributed by atoms with Gasteiger partial charge in [-0.25, -0.2) is 0 Å². The molecule has 1 heterocycles. The zero-order chi connectivity index (χ0) is 24.6. The molecule has 0 saturated heterocycles. The van der Waals surface area contributed by atoms with Gasteiger partial charge in [-0.05, 0) is 61.1 Å². The Morgan fingerprint density at radius 1 is 1.00 bits per heavy atom. The minimum atomic E-state index is -0.514. The van der Waals surface area contributed by atoms with Crippen molar-refractivity contribution in [2.24, 2.45) is 0 Å². The van der Waals surface area contributed by atoms with E-state index in [-0.39, 0.29) is 17.9 Å². The number of nitrogens with one attached hydrogen (secondary N) is 1. The van der Waals surface area contributed by atoms with Gasteiger partial charge in [-0.2, -0.15) is 0 Å². The molecule has 4 rings (SSSR count). The maximum atomic E-state index is 13.5. The molecule has 0 aromatic heterocycles. The highest BCUT2D eigenvalue weighted by Gasteiger charge is 2.30. The average Bonchev–Trinajstić information content (AvgIpc) is 2.88. The number of hydrogen-bond acceptors (Lipinski definition) is 4. The minimum Gasteiger partial charge on any atom is -0.486 e. The Bertz CT molecular complexity index is 1000. The van der Waals surface area contributed by atoms with E-state index in [4.69, 9.17) is 21.1 Å². The summed E-state index contributed by atoms with van der Waals surface area (Å²) in [5.41, 5.74) is 1.96. The Morgan fingerprint density at radius 3 is 2.40 bits per heavy atom. The first-order valence-electron chi connectivity index (χ1n) is 12.8. The summed E-state index contributed by atoms with van der Waals surface area (Å²) in [5, 5.41) is 3.87. The van der Waals surface area contributed by atoms with Crippen LogP contribution < -0.4 is 14.8 Å². The fourth-order valence-corrected chi connectivity index (χ4v) is 5.01. The van der Waals surface area contributed by atoms with Crippen LogP contribution in [0.2, 0.25) is 5.02 Å². The fraction of sp³-hybridized carbons (Fsp3) is 0.500.